The zero-order valence-electron chi connectivity index (χ0n) is 10.8. The van der Waals surface area contributed by atoms with E-state index in [2.05, 4.69) is 0 Å². The van der Waals surface area contributed by atoms with Gasteiger partial charge in [-0.1, -0.05) is 12.1 Å². The summed E-state index contributed by atoms with van der Waals surface area (Å²) in [7, 11) is 1.68. The van der Waals surface area contributed by atoms with Gasteiger partial charge >= 0.3 is 0 Å². The molecule has 0 aliphatic heterocycles. The molecule has 0 saturated carbocycles. The second-order valence-electron chi connectivity index (χ2n) is 3.92. The Balaban J connectivity index is 1.79. The fourth-order valence-electron chi connectivity index (χ4n) is 1.61. The molecule has 100 valence electrons. The molecule has 0 aliphatic rings. The van der Waals surface area contributed by atoms with Crippen molar-refractivity contribution < 1.29 is 9.47 Å². The Hall–Kier alpha value is -1.81. The molecule has 0 atom stereocenters. The average molecular weight is 275 g/mol. The third-order valence-corrected chi connectivity index (χ3v) is 3.58. The number of ether oxygens (including phenoxy) is 2. The minimum absolute atomic E-state index is 0.645. The summed E-state index contributed by atoms with van der Waals surface area (Å²) in [6.07, 6.45) is 0. The number of hydrogen-bond donors (Lipinski definition) is 1. The van der Waals surface area contributed by atoms with Gasteiger partial charge in [-0.05, 0) is 36.4 Å². The second kappa shape index (κ2) is 6.95. The molecule has 0 saturated heterocycles. The van der Waals surface area contributed by atoms with Crippen LogP contribution in [0.4, 0.5) is 5.69 Å². The van der Waals surface area contributed by atoms with E-state index in [0.29, 0.717) is 6.61 Å². The largest absolute Gasteiger partial charge is 0.496 e. The Kier molecular flexibility index (Phi) is 4.98. The second-order valence-corrected chi connectivity index (χ2v) is 5.05. The number of anilines is 1. The highest BCUT2D eigenvalue weighted by atomic mass is 32.2. The average Bonchev–Trinajstić information content (AvgIpc) is 2.46. The number of benzene rings is 2. The van der Waals surface area contributed by atoms with Crippen LogP contribution in [0.1, 0.15) is 0 Å². The van der Waals surface area contributed by atoms with Gasteiger partial charge in [-0.25, -0.2) is 0 Å². The number of rotatable bonds is 6. The molecule has 0 amide bonds. The predicted octanol–water partition coefficient (Wildman–Crippen LogP) is 3.45. The van der Waals surface area contributed by atoms with Gasteiger partial charge in [0, 0.05) is 16.3 Å². The van der Waals surface area contributed by atoms with Crippen LogP contribution in [0, 0.1) is 0 Å². The number of thioether (sulfide) groups is 1. The van der Waals surface area contributed by atoms with E-state index < -0.39 is 0 Å². The molecule has 0 aromatic heterocycles. The zero-order chi connectivity index (χ0) is 13.5. The van der Waals surface area contributed by atoms with E-state index in [1.54, 1.807) is 18.9 Å². The predicted molar refractivity (Wildman–Crippen MR) is 80.1 cm³/mol. The molecule has 3 nitrogen and oxygen atoms in total. The molecule has 4 heteroatoms. The first kappa shape index (κ1) is 13.6. The van der Waals surface area contributed by atoms with Gasteiger partial charge in [-0.15, -0.1) is 11.8 Å². The van der Waals surface area contributed by atoms with Gasteiger partial charge in [0.25, 0.3) is 0 Å². The van der Waals surface area contributed by atoms with E-state index in [-0.39, 0.29) is 0 Å². The molecule has 0 unspecified atom stereocenters. The highest BCUT2D eigenvalue weighted by Gasteiger charge is 2.02. The molecule has 0 aliphatic carbocycles. The van der Waals surface area contributed by atoms with Crippen LogP contribution in [0.15, 0.2) is 53.4 Å². The van der Waals surface area contributed by atoms with Crippen LogP contribution in [0.5, 0.6) is 11.5 Å². The van der Waals surface area contributed by atoms with Crippen molar-refractivity contribution in [1.82, 2.24) is 0 Å². The van der Waals surface area contributed by atoms with Crippen molar-refractivity contribution in [2.75, 3.05) is 25.2 Å². The lowest BCUT2D eigenvalue weighted by Gasteiger charge is -2.09. The maximum absolute atomic E-state index is 5.64. The summed E-state index contributed by atoms with van der Waals surface area (Å²) in [5.41, 5.74) is 6.36. The Morgan fingerprint density at radius 3 is 2.53 bits per heavy atom. The first-order chi connectivity index (χ1) is 9.29. The molecule has 2 aromatic rings. The van der Waals surface area contributed by atoms with Crippen LogP contribution < -0.4 is 15.2 Å². The number of nitrogen functional groups attached to an aromatic ring is 1. The maximum atomic E-state index is 5.64. The molecule has 2 aromatic carbocycles. The van der Waals surface area contributed by atoms with E-state index in [1.807, 2.05) is 48.5 Å². The summed E-state index contributed by atoms with van der Waals surface area (Å²) in [5, 5.41) is 0. The topological polar surface area (TPSA) is 44.5 Å². The normalized spacial score (nSPS) is 10.2. The highest BCUT2D eigenvalue weighted by molar-refractivity contribution is 7.99. The van der Waals surface area contributed by atoms with E-state index in [9.17, 15) is 0 Å². The van der Waals surface area contributed by atoms with Crippen LogP contribution >= 0.6 is 11.8 Å². The summed E-state index contributed by atoms with van der Waals surface area (Å²) < 4.78 is 10.9. The monoisotopic (exact) mass is 275 g/mol. The quantitative estimate of drug-likeness (QED) is 0.498. The van der Waals surface area contributed by atoms with Crippen LogP contribution in [-0.4, -0.2) is 19.5 Å². The first-order valence-electron chi connectivity index (χ1n) is 6.04. The molecule has 0 fully saturated rings. The van der Waals surface area contributed by atoms with Gasteiger partial charge < -0.3 is 15.2 Å². The highest BCUT2D eigenvalue weighted by Crippen LogP contribution is 2.28. The summed E-state index contributed by atoms with van der Waals surface area (Å²) in [6, 6.07) is 15.4. The van der Waals surface area contributed by atoms with Crippen molar-refractivity contribution in [2.24, 2.45) is 0 Å². The van der Waals surface area contributed by atoms with E-state index in [0.717, 1.165) is 27.8 Å². The molecule has 2 rings (SSSR count). The van der Waals surface area contributed by atoms with Crippen LogP contribution in [-0.2, 0) is 0 Å². The van der Waals surface area contributed by atoms with Crippen molar-refractivity contribution in [2.45, 2.75) is 4.90 Å². The summed E-state index contributed by atoms with van der Waals surface area (Å²) >= 11 is 1.72. The smallest absolute Gasteiger partial charge is 0.132 e. The molecule has 0 radical (unpaired) electrons. The van der Waals surface area contributed by atoms with Crippen LogP contribution in [0.2, 0.25) is 0 Å². The third-order valence-electron chi connectivity index (χ3n) is 2.56. The van der Waals surface area contributed by atoms with E-state index in [1.165, 1.54) is 0 Å². The summed E-state index contributed by atoms with van der Waals surface area (Å²) in [6.45, 7) is 0.645. The van der Waals surface area contributed by atoms with Crippen LogP contribution in [0.3, 0.4) is 0 Å². The molecular weight excluding hydrogens is 258 g/mol. The summed E-state index contributed by atoms with van der Waals surface area (Å²) in [5.74, 6) is 2.61. The minimum atomic E-state index is 0.645. The van der Waals surface area contributed by atoms with Crippen molar-refractivity contribution in [1.29, 1.82) is 0 Å². The number of nitrogens with two attached hydrogens (primary N) is 1. The molecule has 0 spiro atoms. The molecule has 19 heavy (non-hydrogen) atoms. The van der Waals surface area contributed by atoms with Crippen LogP contribution in [0.25, 0.3) is 0 Å². The Morgan fingerprint density at radius 2 is 1.79 bits per heavy atom. The van der Waals surface area contributed by atoms with E-state index in [4.69, 9.17) is 15.2 Å². The van der Waals surface area contributed by atoms with Gasteiger partial charge in [0.1, 0.15) is 11.5 Å². The van der Waals surface area contributed by atoms with Gasteiger partial charge in [-0.2, -0.15) is 0 Å². The van der Waals surface area contributed by atoms with Gasteiger partial charge in [0.05, 0.1) is 13.7 Å². The molecule has 0 bridgehead atoms. The third kappa shape index (κ3) is 4.10. The van der Waals surface area contributed by atoms with Crippen molar-refractivity contribution in [3.63, 3.8) is 0 Å². The van der Waals surface area contributed by atoms with E-state index >= 15 is 0 Å². The van der Waals surface area contributed by atoms with Gasteiger partial charge in [-0.3, -0.25) is 0 Å². The molecule has 2 N–H and O–H groups in total. The number of methoxy groups -OCH3 is 1. The standard InChI is InChI=1S/C15H17NO2S/c1-17-14-4-2-3-5-15(14)19-11-10-18-13-8-6-12(16)7-9-13/h2-9H,10-11,16H2,1H3. The molecule has 0 heterocycles. The lowest BCUT2D eigenvalue weighted by Crippen LogP contribution is -2.00. The minimum Gasteiger partial charge on any atom is -0.496 e. The number of para-hydroxylation sites is 1. The lowest BCUT2D eigenvalue weighted by molar-refractivity contribution is 0.344. The number of hydrogen-bond acceptors (Lipinski definition) is 4. The van der Waals surface area contributed by atoms with Crippen molar-refractivity contribution >= 4 is 17.4 Å². The van der Waals surface area contributed by atoms with Gasteiger partial charge in [0.2, 0.25) is 0 Å². The first-order valence-corrected chi connectivity index (χ1v) is 7.02. The fraction of sp³-hybridized carbons (Fsp3) is 0.200. The lowest BCUT2D eigenvalue weighted by atomic mass is 10.3. The van der Waals surface area contributed by atoms with Gasteiger partial charge in [0.15, 0.2) is 0 Å². The van der Waals surface area contributed by atoms with Crippen molar-refractivity contribution in [3.05, 3.63) is 48.5 Å². The summed E-state index contributed by atoms with van der Waals surface area (Å²) in [4.78, 5) is 1.13. The Bertz CT molecular complexity index is 514. The maximum Gasteiger partial charge on any atom is 0.132 e. The Morgan fingerprint density at radius 1 is 1.05 bits per heavy atom. The molecular formula is C15H17NO2S. The SMILES string of the molecule is COc1ccccc1SCCOc1ccc(N)cc1. The fourth-order valence-corrected chi connectivity index (χ4v) is 2.47. The zero-order valence-corrected chi connectivity index (χ0v) is 11.7. The Labute approximate surface area is 117 Å². The van der Waals surface area contributed by atoms with Crippen molar-refractivity contribution in [3.8, 4) is 11.5 Å².